The Kier molecular flexibility index (Phi) is 10.8. The molecule has 1 aromatic heterocycles. The number of amides is 2. The summed E-state index contributed by atoms with van der Waals surface area (Å²) in [5.41, 5.74) is 7.18. The molecule has 0 unspecified atom stereocenters. The second kappa shape index (κ2) is 16.2. The van der Waals surface area contributed by atoms with Gasteiger partial charge in [0.05, 0.1) is 17.7 Å². The number of nitro benzene ring substituents is 1. The number of nitro groups is 1. The molecule has 1 N–H and O–H groups in total. The van der Waals surface area contributed by atoms with Crippen molar-refractivity contribution in [1.82, 2.24) is 19.8 Å². The fourth-order valence-electron chi connectivity index (χ4n) is 7.54. The van der Waals surface area contributed by atoms with Crippen LogP contribution >= 0.6 is 0 Å². The lowest BCUT2D eigenvalue weighted by Gasteiger charge is -2.30. The molecule has 0 saturated carbocycles. The summed E-state index contributed by atoms with van der Waals surface area (Å²) in [5, 5.41) is 16.5. The van der Waals surface area contributed by atoms with Crippen LogP contribution in [0.25, 0.3) is 21.9 Å². The minimum atomic E-state index is -0.436. The zero-order chi connectivity index (χ0) is 37.6. The summed E-state index contributed by atoms with van der Waals surface area (Å²) in [6.07, 6.45) is 3.60. The maximum atomic E-state index is 14.2. The Morgan fingerprint density at radius 3 is 2.26 bits per heavy atom. The molecule has 0 radical (unpaired) electrons. The fraction of sp³-hybridized carbons (Fsp3) is 0.250. The van der Waals surface area contributed by atoms with Crippen LogP contribution in [-0.2, 0) is 29.0 Å². The molecule has 54 heavy (non-hydrogen) atoms. The van der Waals surface area contributed by atoms with Gasteiger partial charge in [0.2, 0.25) is 5.91 Å². The van der Waals surface area contributed by atoms with Gasteiger partial charge >= 0.3 is 6.09 Å². The molecule has 274 valence electrons. The third-order valence-electron chi connectivity index (χ3n) is 10.0. The standard InChI is InChI=1S/C44H43N5O5/c1-30(2)22-34(46-43(50)23-36-24-45-29-48(36)25-31-18-20-35(21-19-31)49(52)53)27-47(26-33-12-9-11-32-10-3-4-13-37(32)33)44(51)54-28-42-40-16-7-5-14-38(40)39-15-6-8-17-41(39)42/h3-21,24,29-30,34,42H,22-23,25-28H2,1-2H3,(H,46,50)/t34-/m0/s1. The van der Waals surface area contributed by atoms with E-state index in [4.69, 9.17) is 4.74 Å². The maximum Gasteiger partial charge on any atom is 0.410 e. The van der Waals surface area contributed by atoms with Gasteiger partial charge < -0.3 is 19.5 Å². The summed E-state index contributed by atoms with van der Waals surface area (Å²) in [4.78, 5) is 44.6. The maximum absolute atomic E-state index is 14.2. The average molecular weight is 722 g/mol. The number of carbonyl (C=O) groups is 2. The van der Waals surface area contributed by atoms with Gasteiger partial charge in [-0.05, 0) is 56.5 Å². The third kappa shape index (κ3) is 8.18. The molecule has 7 rings (SSSR count). The van der Waals surface area contributed by atoms with Gasteiger partial charge in [-0.3, -0.25) is 14.9 Å². The van der Waals surface area contributed by atoms with Gasteiger partial charge in [0.25, 0.3) is 5.69 Å². The highest BCUT2D eigenvalue weighted by atomic mass is 16.6. The Morgan fingerprint density at radius 2 is 1.56 bits per heavy atom. The lowest BCUT2D eigenvalue weighted by molar-refractivity contribution is -0.384. The smallest absolute Gasteiger partial charge is 0.410 e. The molecule has 1 heterocycles. The first-order chi connectivity index (χ1) is 26.2. The topological polar surface area (TPSA) is 120 Å². The van der Waals surface area contributed by atoms with Crippen LogP contribution in [0.1, 0.15) is 54.1 Å². The molecule has 0 fully saturated rings. The minimum Gasteiger partial charge on any atom is -0.448 e. The van der Waals surface area contributed by atoms with Gasteiger partial charge in [0, 0.05) is 55.6 Å². The molecule has 2 amide bonds. The number of nitrogens with zero attached hydrogens (tertiary/aromatic N) is 4. The number of fused-ring (bicyclic) bond motifs is 4. The first-order valence-electron chi connectivity index (χ1n) is 18.3. The van der Waals surface area contributed by atoms with Crippen LogP contribution in [-0.4, -0.2) is 50.6 Å². The molecule has 10 heteroatoms. The van der Waals surface area contributed by atoms with Crippen molar-refractivity contribution in [3.63, 3.8) is 0 Å². The Balaban J connectivity index is 1.09. The number of carbonyl (C=O) groups excluding carboxylic acids is 2. The van der Waals surface area contributed by atoms with Gasteiger partial charge in [-0.25, -0.2) is 9.78 Å². The zero-order valence-electron chi connectivity index (χ0n) is 30.4. The highest BCUT2D eigenvalue weighted by Gasteiger charge is 2.31. The van der Waals surface area contributed by atoms with Crippen molar-refractivity contribution >= 4 is 28.5 Å². The van der Waals surface area contributed by atoms with E-state index in [2.05, 4.69) is 66.6 Å². The van der Waals surface area contributed by atoms with E-state index in [-0.39, 0.29) is 49.0 Å². The van der Waals surface area contributed by atoms with Crippen LogP contribution in [0.5, 0.6) is 0 Å². The number of benzene rings is 5. The highest BCUT2D eigenvalue weighted by Crippen LogP contribution is 2.44. The van der Waals surface area contributed by atoms with Crippen molar-refractivity contribution in [1.29, 1.82) is 0 Å². The first kappa shape index (κ1) is 36.1. The fourth-order valence-corrected chi connectivity index (χ4v) is 7.54. The van der Waals surface area contributed by atoms with Crippen molar-refractivity contribution in [2.75, 3.05) is 13.2 Å². The molecule has 6 aromatic rings. The molecule has 1 aliphatic carbocycles. The number of hydrogen-bond acceptors (Lipinski definition) is 6. The zero-order valence-corrected chi connectivity index (χ0v) is 30.4. The summed E-state index contributed by atoms with van der Waals surface area (Å²) >= 11 is 0. The van der Waals surface area contributed by atoms with Crippen LogP contribution in [0, 0.1) is 16.0 Å². The molecule has 5 aromatic carbocycles. The van der Waals surface area contributed by atoms with Crippen LogP contribution < -0.4 is 5.32 Å². The largest absolute Gasteiger partial charge is 0.448 e. The van der Waals surface area contributed by atoms with E-state index in [9.17, 15) is 19.7 Å². The number of rotatable bonds is 14. The monoisotopic (exact) mass is 721 g/mol. The van der Waals surface area contributed by atoms with Crippen LogP contribution in [0.2, 0.25) is 0 Å². The number of hydrogen-bond donors (Lipinski definition) is 1. The predicted molar refractivity (Wildman–Crippen MR) is 209 cm³/mol. The number of nitrogens with one attached hydrogen (secondary N) is 1. The molecular formula is C44H43N5O5. The molecule has 10 nitrogen and oxygen atoms in total. The van der Waals surface area contributed by atoms with Crippen molar-refractivity contribution in [3.05, 3.63) is 166 Å². The molecule has 1 atom stereocenters. The van der Waals surface area contributed by atoms with Gasteiger partial charge in [-0.2, -0.15) is 0 Å². The Morgan fingerprint density at radius 1 is 0.889 bits per heavy atom. The van der Waals surface area contributed by atoms with Crippen molar-refractivity contribution < 1.29 is 19.2 Å². The Labute approximate surface area is 314 Å². The van der Waals surface area contributed by atoms with E-state index in [0.29, 0.717) is 25.2 Å². The quantitative estimate of drug-likeness (QED) is 0.0890. The molecule has 0 bridgehead atoms. The van der Waals surface area contributed by atoms with E-state index in [1.54, 1.807) is 29.6 Å². The summed E-state index contributed by atoms with van der Waals surface area (Å²) in [7, 11) is 0. The summed E-state index contributed by atoms with van der Waals surface area (Å²) in [5.74, 6) is -0.0311. The lowest BCUT2D eigenvalue weighted by atomic mass is 9.98. The van der Waals surface area contributed by atoms with E-state index < -0.39 is 11.0 Å². The molecule has 0 saturated heterocycles. The van der Waals surface area contributed by atoms with E-state index in [1.165, 1.54) is 12.1 Å². The summed E-state index contributed by atoms with van der Waals surface area (Å²) in [6, 6.07) is 36.8. The molecule has 0 spiro atoms. The van der Waals surface area contributed by atoms with Crippen LogP contribution in [0.4, 0.5) is 10.5 Å². The molecule has 1 aliphatic rings. The summed E-state index contributed by atoms with van der Waals surface area (Å²) in [6.45, 7) is 5.37. The minimum absolute atomic E-state index is 0.0211. The van der Waals surface area contributed by atoms with E-state index in [1.807, 2.05) is 53.1 Å². The molecule has 0 aliphatic heterocycles. The SMILES string of the molecule is CC(C)C[C@@H](CN(Cc1cccc2ccccc12)C(=O)OCC1c2ccccc2-c2ccccc21)NC(=O)Cc1cncn1Cc1ccc([N+](=O)[O-])cc1. The number of non-ortho nitro benzene ring substituents is 1. The molecular weight excluding hydrogens is 679 g/mol. The van der Waals surface area contributed by atoms with E-state index in [0.717, 1.165) is 44.2 Å². The summed E-state index contributed by atoms with van der Waals surface area (Å²) < 4.78 is 8.06. The second-order valence-corrected chi connectivity index (χ2v) is 14.3. The van der Waals surface area contributed by atoms with Crippen LogP contribution in [0.15, 0.2) is 128 Å². The van der Waals surface area contributed by atoms with Crippen molar-refractivity contribution in [2.24, 2.45) is 5.92 Å². The number of imidazole rings is 1. The van der Waals surface area contributed by atoms with Gasteiger partial charge in [-0.15, -0.1) is 0 Å². The second-order valence-electron chi connectivity index (χ2n) is 14.3. The average Bonchev–Trinajstić information content (AvgIpc) is 3.74. The first-order valence-corrected chi connectivity index (χ1v) is 18.3. The third-order valence-corrected chi connectivity index (χ3v) is 10.0. The van der Waals surface area contributed by atoms with Crippen molar-refractivity contribution in [2.45, 2.75) is 51.7 Å². The van der Waals surface area contributed by atoms with Gasteiger partial charge in [-0.1, -0.05) is 117 Å². The van der Waals surface area contributed by atoms with Crippen LogP contribution in [0.3, 0.4) is 0 Å². The predicted octanol–water partition coefficient (Wildman–Crippen LogP) is 8.52. The number of ether oxygens (including phenoxy) is 1. The van der Waals surface area contributed by atoms with E-state index >= 15 is 0 Å². The Hall–Kier alpha value is -6.29. The Bertz CT molecular complexity index is 2230. The van der Waals surface area contributed by atoms with Gasteiger partial charge in [0.15, 0.2) is 0 Å². The van der Waals surface area contributed by atoms with Gasteiger partial charge in [0.1, 0.15) is 6.61 Å². The number of aromatic nitrogens is 2. The van der Waals surface area contributed by atoms with Crippen molar-refractivity contribution in [3.8, 4) is 11.1 Å². The highest BCUT2D eigenvalue weighted by molar-refractivity contribution is 5.86. The normalized spacial score (nSPS) is 12.6. The lowest BCUT2D eigenvalue weighted by Crippen LogP contribution is -2.47.